The standard InChI is InChI=1S/C14H19FN2O3/c1-10(9-18)16-14(19)11-2-3-13(12(15)8-11)17-4-6-20-7-5-17/h2-3,8,10,18H,4-7,9H2,1H3,(H,16,19). The average molecular weight is 282 g/mol. The highest BCUT2D eigenvalue weighted by atomic mass is 19.1. The summed E-state index contributed by atoms with van der Waals surface area (Å²) in [5.41, 5.74) is 0.736. The minimum atomic E-state index is -0.420. The molecule has 1 aromatic carbocycles. The molecule has 1 aromatic rings. The fourth-order valence-electron chi connectivity index (χ4n) is 2.06. The Labute approximate surface area is 117 Å². The summed E-state index contributed by atoms with van der Waals surface area (Å²) in [4.78, 5) is 13.7. The molecular formula is C14H19FN2O3. The van der Waals surface area contributed by atoms with E-state index in [2.05, 4.69) is 5.32 Å². The van der Waals surface area contributed by atoms with Gasteiger partial charge in [0, 0.05) is 24.7 Å². The molecule has 0 spiro atoms. The second-order valence-corrected chi connectivity index (χ2v) is 4.82. The Morgan fingerprint density at radius 2 is 2.20 bits per heavy atom. The molecule has 0 aromatic heterocycles. The molecule has 1 aliphatic rings. The van der Waals surface area contributed by atoms with E-state index >= 15 is 0 Å². The van der Waals surface area contributed by atoms with E-state index in [0.717, 1.165) is 0 Å². The van der Waals surface area contributed by atoms with Crippen molar-refractivity contribution < 1.29 is 19.0 Å². The summed E-state index contributed by atoms with van der Waals surface area (Å²) in [7, 11) is 0. The fraction of sp³-hybridized carbons (Fsp3) is 0.500. The predicted octanol–water partition coefficient (Wildman–Crippen LogP) is 0.773. The number of ether oxygens (including phenoxy) is 1. The molecule has 1 fully saturated rings. The number of carbonyl (C=O) groups is 1. The van der Waals surface area contributed by atoms with E-state index in [1.165, 1.54) is 6.07 Å². The van der Waals surface area contributed by atoms with Crippen LogP contribution in [0.5, 0.6) is 0 Å². The lowest BCUT2D eigenvalue weighted by molar-refractivity contribution is 0.0921. The van der Waals surface area contributed by atoms with E-state index < -0.39 is 5.82 Å². The largest absolute Gasteiger partial charge is 0.394 e. The minimum Gasteiger partial charge on any atom is -0.394 e. The Morgan fingerprint density at radius 3 is 2.80 bits per heavy atom. The third-order valence-corrected chi connectivity index (χ3v) is 3.21. The number of nitrogens with zero attached hydrogens (tertiary/aromatic N) is 1. The average Bonchev–Trinajstić information content (AvgIpc) is 2.47. The fourth-order valence-corrected chi connectivity index (χ4v) is 2.06. The number of anilines is 1. The van der Waals surface area contributed by atoms with Crippen LogP contribution in [0.3, 0.4) is 0 Å². The van der Waals surface area contributed by atoms with Gasteiger partial charge in [0.15, 0.2) is 0 Å². The second-order valence-electron chi connectivity index (χ2n) is 4.82. The molecule has 6 heteroatoms. The Morgan fingerprint density at radius 1 is 1.50 bits per heavy atom. The molecule has 1 heterocycles. The normalized spacial score (nSPS) is 16.9. The molecule has 0 saturated carbocycles. The first-order chi connectivity index (χ1) is 9.61. The molecule has 1 amide bonds. The minimum absolute atomic E-state index is 0.153. The van der Waals surface area contributed by atoms with Gasteiger partial charge in [-0.2, -0.15) is 0 Å². The van der Waals surface area contributed by atoms with E-state index in [-0.39, 0.29) is 24.1 Å². The lowest BCUT2D eigenvalue weighted by Gasteiger charge is -2.29. The van der Waals surface area contributed by atoms with Gasteiger partial charge >= 0.3 is 0 Å². The third kappa shape index (κ3) is 3.46. The maximum Gasteiger partial charge on any atom is 0.251 e. The van der Waals surface area contributed by atoms with Crippen LogP contribution in [-0.4, -0.2) is 50.0 Å². The molecule has 5 nitrogen and oxygen atoms in total. The van der Waals surface area contributed by atoms with Crippen LogP contribution in [0.1, 0.15) is 17.3 Å². The van der Waals surface area contributed by atoms with Gasteiger partial charge in [-0.3, -0.25) is 4.79 Å². The lowest BCUT2D eigenvalue weighted by atomic mass is 10.1. The summed E-state index contributed by atoms with van der Waals surface area (Å²) < 4.78 is 19.3. The van der Waals surface area contributed by atoms with Crippen LogP contribution in [0, 0.1) is 5.82 Å². The Bertz CT molecular complexity index is 475. The van der Waals surface area contributed by atoms with Gasteiger partial charge in [-0.15, -0.1) is 0 Å². The summed E-state index contributed by atoms with van der Waals surface area (Å²) in [5, 5.41) is 11.5. The van der Waals surface area contributed by atoms with Crippen molar-refractivity contribution >= 4 is 11.6 Å². The van der Waals surface area contributed by atoms with Gasteiger partial charge in [-0.05, 0) is 25.1 Å². The van der Waals surface area contributed by atoms with E-state index in [4.69, 9.17) is 9.84 Å². The number of benzene rings is 1. The quantitative estimate of drug-likeness (QED) is 0.856. The van der Waals surface area contributed by atoms with E-state index in [9.17, 15) is 9.18 Å². The van der Waals surface area contributed by atoms with Gasteiger partial charge < -0.3 is 20.1 Å². The van der Waals surface area contributed by atoms with E-state index in [0.29, 0.717) is 32.0 Å². The number of rotatable bonds is 4. The zero-order valence-corrected chi connectivity index (χ0v) is 11.4. The molecule has 1 atom stereocenters. The molecule has 2 N–H and O–H groups in total. The Kier molecular flexibility index (Phi) is 4.92. The number of morpholine rings is 1. The van der Waals surface area contributed by atoms with Crippen molar-refractivity contribution in [2.45, 2.75) is 13.0 Å². The zero-order valence-electron chi connectivity index (χ0n) is 11.4. The number of nitrogens with one attached hydrogen (secondary N) is 1. The molecule has 0 aliphatic carbocycles. The summed E-state index contributed by atoms with van der Waals surface area (Å²) in [6.45, 7) is 3.97. The summed E-state index contributed by atoms with van der Waals surface area (Å²) >= 11 is 0. The molecule has 110 valence electrons. The van der Waals surface area contributed by atoms with Gasteiger partial charge in [0.25, 0.3) is 5.91 Å². The zero-order chi connectivity index (χ0) is 14.5. The van der Waals surface area contributed by atoms with Crippen molar-refractivity contribution in [3.8, 4) is 0 Å². The third-order valence-electron chi connectivity index (χ3n) is 3.21. The van der Waals surface area contributed by atoms with Crippen LogP contribution < -0.4 is 10.2 Å². The smallest absolute Gasteiger partial charge is 0.251 e. The van der Waals surface area contributed by atoms with E-state index in [1.54, 1.807) is 19.1 Å². The number of hydrogen-bond acceptors (Lipinski definition) is 4. The predicted molar refractivity (Wildman–Crippen MR) is 73.4 cm³/mol. The Hall–Kier alpha value is -1.66. The highest BCUT2D eigenvalue weighted by Gasteiger charge is 2.17. The van der Waals surface area contributed by atoms with Gasteiger partial charge in [-0.1, -0.05) is 0 Å². The number of aliphatic hydroxyl groups is 1. The molecule has 1 unspecified atom stereocenters. The number of aliphatic hydroxyl groups excluding tert-OH is 1. The second kappa shape index (κ2) is 6.67. The number of hydrogen-bond donors (Lipinski definition) is 2. The summed E-state index contributed by atoms with van der Waals surface area (Å²) in [5.74, 6) is -0.810. The van der Waals surface area contributed by atoms with Crippen molar-refractivity contribution in [1.29, 1.82) is 0 Å². The molecule has 0 radical (unpaired) electrons. The molecule has 1 aliphatic heterocycles. The molecule has 20 heavy (non-hydrogen) atoms. The first-order valence-electron chi connectivity index (χ1n) is 6.66. The van der Waals surface area contributed by atoms with Crippen LogP contribution in [0.2, 0.25) is 0 Å². The van der Waals surface area contributed by atoms with Crippen molar-refractivity contribution in [1.82, 2.24) is 5.32 Å². The molecular weight excluding hydrogens is 263 g/mol. The van der Waals surface area contributed by atoms with Crippen LogP contribution in [-0.2, 0) is 4.74 Å². The maximum atomic E-state index is 14.1. The van der Waals surface area contributed by atoms with Gasteiger partial charge in [0.1, 0.15) is 5.82 Å². The van der Waals surface area contributed by atoms with Crippen molar-refractivity contribution in [2.24, 2.45) is 0 Å². The summed E-state index contributed by atoms with van der Waals surface area (Å²) in [6, 6.07) is 4.07. The van der Waals surface area contributed by atoms with Crippen LogP contribution in [0.4, 0.5) is 10.1 Å². The molecule has 0 bridgehead atoms. The van der Waals surface area contributed by atoms with Crippen LogP contribution in [0.25, 0.3) is 0 Å². The molecule has 1 saturated heterocycles. The topological polar surface area (TPSA) is 61.8 Å². The lowest BCUT2D eigenvalue weighted by Crippen LogP contribution is -2.37. The van der Waals surface area contributed by atoms with Crippen molar-refractivity contribution in [2.75, 3.05) is 37.8 Å². The Balaban J connectivity index is 2.10. The number of amides is 1. The number of halogens is 1. The van der Waals surface area contributed by atoms with Gasteiger partial charge in [-0.25, -0.2) is 4.39 Å². The van der Waals surface area contributed by atoms with Crippen molar-refractivity contribution in [3.63, 3.8) is 0 Å². The highest BCUT2D eigenvalue weighted by Crippen LogP contribution is 2.21. The maximum absolute atomic E-state index is 14.1. The van der Waals surface area contributed by atoms with Gasteiger partial charge in [0.05, 0.1) is 25.5 Å². The first kappa shape index (κ1) is 14.7. The van der Waals surface area contributed by atoms with Crippen LogP contribution in [0.15, 0.2) is 18.2 Å². The van der Waals surface area contributed by atoms with Gasteiger partial charge in [0.2, 0.25) is 0 Å². The first-order valence-corrected chi connectivity index (χ1v) is 6.66. The summed E-state index contributed by atoms with van der Waals surface area (Å²) in [6.07, 6.45) is 0. The monoisotopic (exact) mass is 282 g/mol. The molecule has 2 rings (SSSR count). The highest BCUT2D eigenvalue weighted by molar-refractivity contribution is 5.94. The SMILES string of the molecule is CC(CO)NC(=O)c1ccc(N2CCOCC2)c(F)c1. The van der Waals surface area contributed by atoms with Crippen molar-refractivity contribution in [3.05, 3.63) is 29.6 Å². The van der Waals surface area contributed by atoms with Crippen LogP contribution >= 0.6 is 0 Å². The van der Waals surface area contributed by atoms with E-state index in [1.807, 2.05) is 4.90 Å². The number of carbonyl (C=O) groups excluding carboxylic acids is 1.